The van der Waals surface area contributed by atoms with E-state index in [2.05, 4.69) is 5.32 Å². The number of aliphatic carboxylic acids is 1. The van der Waals surface area contributed by atoms with E-state index in [0.29, 0.717) is 6.42 Å². The van der Waals surface area contributed by atoms with Crippen molar-refractivity contribution in [3.63, 3.8) is 0 Å². The van der Waals surface area contributed by atoms with Crippen molar-refractivity contribution in [1.82, 2.24) is 5.32 Å². The predicted molar refractivity (Wildman–Crippen MR) is 77.3 cm³/mol. The van der Waals surface area contributed by atoms with Gasteiger partial charge >= 0.3 is 5.97 Å². The summed E-state index contributed by atoms with van der Waals surface area (Å²) < 4.78 is 0. The number of nitrogens with one attached hydrogen (secondary N) is 1. The van der Waals surface area contributed by atoms with E-state index in [4.69, 9.17) is 0 Å². The van der Waals surface area contributed by atoms with Crippen LogP contribution in [0.2, 0.25) is 0 Å². The molecule has 0 aliphatic heterocycles. The van der Waals surface area contributed by atoms with Crippen LogP contribution in [0, 0.1) is 11.8 Å². The summed E-state index contributed by atoms with van der Waals surface area (Å²) in [5.41, 5.74) is 0. The minimum absolute atomic E-state index is 0.0986. The molecule has 0 bridgehead atoms. The number of carboxylic acids is 1. The molecule has 0 aromatic rings. The number of hydrogen-bond donors (Lipinski definition) is 2. The highest BCUT2D eigenvalue weighted by Gasteiger charge is 2.31. The predicted octanol–water partition coefficient (Wildman–Crippen LogP) is 3.11. The van der Waals surface area contributed by atoms with Crippen LogP contribution in [0.3, 0.4) is 0 Å². The van der Waals surface area contributed by atoms with Crippen molar-refractivity contribution in [2.45, 2.75) is 76.7 Å². The summed E-state index contributed by atoms with van der Waals surface area (Å²) in [6, 6.07) is -0.165. The first-order chi connectivity index (χ1) is 9.68. The molecule has 2 rings (SSSR count). The third-order valence-corrected chi connectivity index (χ3v) is 4.89. The third kappa shape index (κ3) is 4.22. The van der Waals surface area contributed by atoms with Crippen molar-refractivity contribution in [3.05, 3.63) is 0 Å². The summed E-state index contributed by atoms with van der Waals surface area (Å²) in [6.45, 7) is 0. The van der Waals surface area contributed by atoms with Crippen molar-refractivity contribution < 1.29 is 14.7 Å². The molecule has 2 saturated carbocycles. The third-order valence-electron chi connectivity index (χ3n) is 4.89. The van der Waals surface area contributed by atoms with Gasteiger partial charge in [-0.25, -0.2) is 0 Å². The summed E-state index contributed by atoms with van der Waals surface area (Å²) in [7, 11) is 0. The normalized spacial score (nSPS) is 29.2. The van der Waals surface area contributed by atoms with Gasteiger partial charge in [-0.3, -0.25) is 9.59 Å². The van der Waals surface area contributed by atoms with Crippen LogP contribution >= 0.6 is 0 Å². The fraction of sp³-hybridized carbons (Fsp3) is 0.875. The Bertz CT molecular complexity index is 337. The highest BCUT2D eigenvalue weighted by molar-refractivity contribution is 5.80. The fourth-order valence-corrected chi connectivity index (χ4v) is 3.62. The van der Waals surface area contributed by atoms with Crippen LogP contribution in [0.15, 0.2) is 0 Å². The Kier molecular flexibility index (Phi) is 5.86. The molecule has 2 N–H and O–H groups in total. The van der Waals surface area contributed by atoms with Crippen molar-refractivity contribution in [1.29, 1.82) is 0 Å². The van der Waals surface area contributed by atoms with Crippen molar-refractivity contribution in [2.24, 2.45) is 11.8 Å². The van der Waals surface area contributed by atoms with E-state index < -0.39 is 11.9 Å². The molecule has 0 aromatic carbocycles. The fourth-order valence-electron chi connectivity index (χ4n) is 3.62. The maximum absolute atomic E-state index is 12.3. The van der Waals surface area contributed by atoms with Crippen LogP contribution in [0.5, 0.6) is 0 Å². The Morgan fingerprint density at radius 1 is 0.800 bits per heavy atom. The van der Waals surface area contributed by atoms with Gasteiger partial charge in [-0.1, -0.05) is 44.9 Å². The number of rotatable bonds is 3. The van der Waals surface area contributed by atoms with Crippen LogP contribution in [-0.2, 0) is 9.59 Å². The van der Waals surface area contributed by atoms with Crippen molar-refractivity contribution in [2.75, 3.05) is 0 Å². The highest BCUT2D eigenvalue weighted by atomic mass is 16.4. The van der Waals surface area contributed by atoms with E-state index in [1.807, 2.05) is 0 Å². The van der Waals surface area contributed by atoms with E-state index in [-0.39, 0.29) is 17.9 Å². The Hall–Kier alpha value is -1.06. The first-order valence-corrected chi connectivity index (χ1v) is 8.21. The van der Waals surface area contributed by atoms with Gasteiger partial charge in [-0.2, -0.15) is 0 Å². The summed E-state index contributed by atoms with van der Waals surface area (Å²) in [6.07, 6.45) is 11.2. The molecule has 0 heterocycles. The van der Waals surface area contributed by atoms with E-state index >= 15 is 0 Å². The lowest BCUT2D eigenvalue weighted by molar-refractivity contribution is -0.143. The Morgan fingerprint density at radius 2 is 1.35 bits per heavy atom. The molecule has 4 heteroatoms. The first-order valence-electron chi connectivity index (χ1n) is 8.21. The van der Waals surface area contributed by atoms with Gasteiger partial charge in [0.25, 0.3) is 0 Å². The number of amides is 1. The summed E-state index contributed by atoms with van der Waals surface area (Å²) in [5.74, 6) is -0.936. The minimum atomic E-state index is -0.749. The first kappa shape index (κ1) is 15.3. The molecule has 2 fully saturated rings. The van der Waals surface area contributed by atoms with Crippen molar-refractivity contribution in [3.8, 4) is 0 Å². The quantitative estimate of drug-likeness (QED) is 0.835. The van der Waals surface area contributed by atoms with E-state index in [1.165, 1.54) is 6.42 Å². The van der Waals surface area contributed by atoms with Gasteiger partial charge < -0.3 is 10.4 Å². The number of hydrogen-bond acceptors (Lipinski definition) is 2. The molecular weight excluding hydrogens is 254 g/mol. The molecule has 20 heavy (non-hydrogen) atoms. The van der Waals surface area contributed by atoms with E-state index in [9.17, 15) is 14.7 Å². The summed E-state index contributed by atoms with van der Waals surface area (Å²) in [5, 5.41) is 12.5. The zero-order valence-electron chi connectivity index (χ0n) is 12.3. The van der Waals surface area contributed by atoms with Gasteiger partial charge in [0.05, 0.1) is 5.92 Å². The zero-order valence-corrected chi connectivity index (χ0v) is 12.3. The maximum atomic E-state index is 12.3. The topological polar surface area (TPSA) is 66.4 Å². The second kappa shape index (κ2) is 7.65. The SMILES string of the molecule is O=C(NC1CCCCCCC1C(=O)O)C1CCCCC1. The van der Waals surface area contributed by atoms with Gasteiger partial charge in [0.2, 0.25) is 5.91 Å². The van der Waals surface area contributed by atoms with Crippen LogP contribution in [-0.4, -0.2) is 23.0 Å². The number of carboxylic acid groups (broad SMARTS) is 1. The lowest BCUT2D eigenvalue weighted by Crippen LogP contribution is -2.46. The molecular formula is C16H27NO3. The number of carbonyl (C=O) groups is 2. The van der Waals surface area contributed by atoms with Crippen LogP contribution in [0.25, 0.3) is 0 Å². The van der Waals surface area contributed by atoms with Gasteiger partial charge in [-0.05, 0) is 25.7 Å². The monoisotopic (exact) mass is 281 g/mol. The minimum Gasteiger partial charge on any atom is -0.481 e. The lowest BCUT2D eigenvalue weighted by atomic mass is 9.85. The van der Waals surface area contributed by atoms with Gasteiger partial charge in [0, 0.05) is 12.0 Å². The van der Waals surface area contributed by atoms with Crippen molar-refractivity contribution >= 4 is 11.9 Å². The molecule has 2 unspecified atom stereocenters. The number of carbonyl (C=O) groups excluding carboxylic acids is 1. The second-order valence-electron chi connectivity index (χ2n) is 6.39. The maximum Gasteiger partial charge on any atom is 0.308 e. The molecule has 0 aromatic heterocycles. The average molecular weight is 281 g/mol. The summed E-state index contributed by atoms with van der Waals surface area (Å²) in [4.78, 5) is 23.8. The molecule has 1 amide bonds. The van der Waals surface area contributed by atoms with Gasteiger partial charge in [0.1, 0.15) is 0 Å². The van der Waals surface area contributed by atoms with Crippen LogP contribution < -0.4 is 5.32 Å². The molecule has 0 spiro atoms. The molecule has 2 aliphatic carbocycles. The van der Waals surface area contributed by atoms with Gasteiger partial charge in [0.15, 0.2) is 0 Å². The Labute approximate surface area is 121 Å². The Balaban J connectivity index is 1.94. The highest BCUT2D eigenvalue weighted by Crippen LogP contribution is 2.26. The molecule has 2 atom stereocenters. The van der Waals surface area contributed by atoms with Crippen LogP contribution in [0.4, 0.5) is 0 Å². The molecule has 0 saturated heterocycles. The molecule has 4 nitrogen and oxygen atoms in total. The zero-order chi connectivity index (χ0) is 14.4. The smallest absolute Gasteiger partial charge is 0.308 e. The lowest BCUT2D eigenvalue weighted by Gasteiger charge is -2.30. The van der Waals surface area contributed by atoms with E-state index in [1.54, 1.807) is 0 Å². The standard InChI is InChI=1S/C16H27NO3/c18-15(12-8-4-3-5-9-12)17-14-11-7-2-1-6-10-13(14)16(19)20/h12-14H,1-11H2,(H,17,18)(H,19,20). The van der Waals surface area contributed by atoms with E-state index in [0.717, 1.165) is 57.8 Å². The van der Waals surface area contributed by atoms with Crippen LogP contribution in [0.1, 0.15) is 70.6 Å². The second-order valence-corrected chi connectivity index (χ2v) is 6.39. The Morgan fingerprint density at radius 3 is 2.00 bits per heavy atom. The molecule has 0 radical (unpaired) electrons. The average Bonchev–Trinajstić information content (AvgIpc) is 2.42. The summed E-state index contributed by atoms with van der Waals surface area (Å²) >= 11 is 0. The van der Waals surface area contributed by atoms with Gasteiger partial charge in [-0.15, -0.1) is 0 Å². The molecule has 2 aliphatic rings. The molecule has 114 valence electrons. The largest absolute Gasteiger partial charge is 0.481 e.